The molecule has 92 valence electrons. The summed E-state index contributed by atoms with van der Waals surface area (Å²) >= 11 is 0. The van der Waals surface area contributed by atoms with Gasteiger partial charge in [0.1, 0.15) is 0 Å². The highest BCUT2D eigenvalue weighted by atomic mass is 19.1. The molecule has 0 aromatic carbocycles. The van der Waals surface area contributed by atoms with Gasteiger partial charge in [0, 0.05) is 18.6 Å². The average molecular weight is 245 g/mol. The Bertz CT molecular complexity index is 528. The van der Waals surface area contributed by atoms with Crippen molar-refractivity contribution in [3.63, 3.8) is 0 Å². The van der Waals surface area contributed by atoms with Gasteiger partial charge in [0.15, 0.2) is 0 Å². The molecule has 2 aromatic rings. The molecule has 0 spiro atoms. The SMILES string of the molecule is CC(NC(=O)c1ccc(F)nc1)c1cccnc1. The summed E-state index contributed by atoms with van der Waals surface area (Å²) in [6.45, 7) is 1.85. The first-order valence-corrected chi connectivity index (χ1v) is 5.49. The third-order valence-electron chi connectivity index (χ3n) is 2.52. The predicted molar refractivity (Wildman–Crippen MR) is 64.3 cm³/mol. The molecule has 1 atom stereocenters. The van der Waals surface area contributed by atoms with Crippen molar-refractivity contribution in [2.45, 2.75) is 13.0 Å². The molecule has 1 N–H and O–H groups in total. The Morgan fingerprint density at radius 2 is 2.17 bits per heavy atom. The Kier molecular flexibility index (Phi) is 3.62. The molecule has 1 amide bonds. The van der Waals surface area contributed by atoms with Crippen molar-refractivity contribution < 1.29 is 9.18 Å². The van der Waals surface area contributed by atoms with Crippen LogP contribution in [0.15, 0.2) is 42.9 Å². The van der Waals surface area contributed by atoms with Crippen LogP contribution in [0.25, 0.3) is 0 Å². The maximum absolute atomic E-state index is 12.6. The molecule has 2 heterocycles. The molecule has 1 unspecified atom stereocenters. The number of aromatic nitrogens is 2. The number of hydrogen-bond donors (Lipinski definition) is 1. The van der Waals surface area contributed by atoms with Crippen LogP contribution < -0.4 is 5.32 Å². The Hall–Kier alpha value is -2.30. The van der Waals surface area contributed by atoms with E-state index in [1.165, 1.54) is 12.3 Å². The zero-order valence-corrected chi connectivity index (χ0v) is 9.80. The lowest BCUT2D eigenvalue weighted by molar-refractivity contribution is 0.0939. The zero-order chi connectivity index (χ0) is 13.0. The number of nitrogens with zero attached hydrogens (tertiary/aromatic N) is 2. The smallest absolute Gasteiger partial charge is 0.253 e. The van der Waals surface area contributed by atoms with Gasteiger partial charge in [0.2, 0.25) is 5.95 Å². The fraction of sp³-hybridized carbons (Fsp3) is 0.154. The number of halogens is 1. The van der Waals surface area contributed by atoms with Crippen molar-refractivity contribution in [1.82, 2.24) is 15.3 Å². The predicted octanol–water partition coefficient (Wildman–Crippen LogP) is 2.11. The van der Waals surface area contributed by atoms with E-state index in [9.17, 15) is 9.18 Å². The van der Waals surface area contributed by atoms with Crippen LogP contribution in [0.3, 0.4) is 0 Å². The van der Waals surface area contributed by atoms with Crippen LogP contribution in [0.4, 0.5) is 4.39 Å². The van der Waals surface area contributed by atoms with Gasteiger partial charge in [-0.25, -0.2) is 4.98 Å². The second-order valence-electron chi connectivity index (χ2n) is 3.85. The summed E-state index contributed by atoms with van der Waals surface area (Å²) in [5.41, 5.74) is 1.23. The van der Waals surface area contributed by atoms with E-state index in [1.54, 1.807) is 18.5 Å². The first-order valence-electron chi connectivity index (χ1n) is 5.49. The number of pyridine rings is 2. The number of nitrogens with one attached hydrogen (secondary N) is 1. The van der Waals surface area contributed by atoms with E-state index in [0.717, 1.165) is 11.6 Å². The van der Waals surface area contributed by atoms with Gasteiger partial charge < -0.3 is 5.32 Å². The van der Waals surface area contributed by atoms with Crippen LogP contribution in [0.2, 0.25) is 0 Å². The minimum Gasteiger partial charge on any atom is -0.345 e. The Balaban J connectivity index is 2.06. The van der Waals surface area contributed by atoms with Crippen molar-refractivity contribution >= 4 is 5.91 Å². The van der Waals surface area contributed by atoms with E-state index in [2.05, 4.69) is 15.3 Å². The van der Waals surface area contributed by atoms with Gasteiger partial charge in [0.05, 0.1) is 11.6 Å². The highest BCUT2D eigenvalue weighted by Crippen LogP contribution is 2.11. The van der Waals surface area contributed by atoms with Gasteiger partial charge in [0.25, 0.3) is 5.91 Å². The van der Waals surface area contributed by atoms with Crippen LogP contribution in [-0.4, -0.2) is 15.9 Å². The van der Waals surface area contributed by atoms with Crippen molar-refractivity contribution in [1.29, 1.82) is 0 Å². The van der Waals surface area contributed by atoms with Crippen LogP contribution in [0.1, 0.15) is 28.9 Å². The van der Waals surface area contributed by atoms with E-state index in [4.69, 9.17) is 0 Å². The molecule has 0 aliphatic carbocycles. The first kappa shape index (κ1) is 12.2. The average Bonchev–Trinajstić information content (AvgIpc) is 2.40. The highest BCUT2D eigenvalue weighted by molar-refractivity contribution is 5.94. The standard InChI is InChI=1S/C13H12FN3O/c1-9(10-3-2-6-15-7-10)17-13(18)11-4-5-12(14)16-8-11/h2-9H,1H3,(H,17,18). The molecule has 0 fully saturated rings. The fourth-order valence-electron chi connectivity index (χ4n) is 1.51. The van der Waals surface area contributed by atoms with E-state index < -0.39 is 5.95 Å². The van der Waals surface area contributed by atoms with E-state index in [1.807, 2.05) is 13.0 Å². The van der Waals surface area contributed by atoms with Gasteiger partial charge in [-0.2, -0.15) is 4.39 Å². The fourth-order valence-corrected chi connectivity index (χ4v) is 1.51. The monoisotopic (exact) mass is 245 g/mol. The Morgan fingerprint density at radius 1 is 1.33 bits per heavy atom. The minimum absolute atomic E-state index is 0.170. The van der Waals surface area contributed by atoms with Gasteiger partial charge in [-0.1, -0.05) is 6.07 Å². The topological polar surface area (TPSA) is 54.9 Å². The first-order chi connectivity index (χ1) is 8.66. The summed E-state index contributed by atoms with van der Waals surface area (Å²) in [5, 5.41) is 2.79. The maximum Gasteiger partial charge on any atom is 0.253 e. The van der Waals surface area contributed by atoms with Gasteiger partial charge in [-0.3, -0.25) is 9.78 Å². The molecule has 4 nitrogen and oxygen atoms in total. The molecular formula is C13H12FN3O. The second-order valence-corrected chi connectivity index (χ2v) is 3.85. The zero-order valence-electron chi connectivity index (χ0n) is 9.80. The van der Waals surface area contributed by atoms with Crippen molar-refractivity contribution in [3.05, 3.63) is 59.9 Å². The van der Waals surface area contributed by atoms with Gasteiger partial charge in [-0.15, -0.1) is 0 Å². The Morgan fingerprint density at radius 3 is 2.78 bits per heavy atom. The van der Waals surface area contributed by atoms with E-state index in [0.29, 0.717) is 5.56 Å². The highest BCUT2D eigenvalue weighted by Gasteiger charge is 2.11. The molecule has 5 heteroatoms. The number of carbonyl (C=O) groups excluding carboxylic acids is 1. The van der Waals surface area contributed by atoms with E-state index >= 15 is 0 Å². The van der Waals surface area contributed by atoms with Gasteiger partial charge in [-0.05, 0) is 30.7 Å². The lowest BCUT2D eigenvalue weighted by Crippen LogP contribution is -2.26. The van der Waals surface area contributed by atoms with Crippen LogP contribution in [0, 0.1) is 5.95 Å². The summed E-state index contributed by atoms with van der Waals surface area (Å²) in [6, 6.07) is 6.06. The maximum atomic E-state index is 12.6. The molecule has 2 aromatic heterocycles. The van der Waals surface area contributed by atoms with Crippen LogP contribution in [-0.2, 0) is 0 Å². The third-order valence-corrected chi connectivity index (χ3v) is 2.52. The van der Waals surface area contributed by atoms with Crippen molar-refractivity contribution in [3.8, 4) is 0 Å². The number of carbonyl (C=O) groups is 1. The van der Waals surface area contributed by atoms with Crippen LogP contribution in [0.5, 0.6) is 0 Å². The molecule has 18 heavy (non-hydrogen) atoms. The molecule has 0 bridgehead atoms. The van der Waals surface area contributed by atoms with Gasteiger partial charge >= 0.3 is 0 Å². The lowest BCUT2D eigenvalue weighted by atomic mass is 10.1. The summed E-state index contributed by atoms with van der Waals surface area (Å²) < 4.78 is 12.6. The molecular weight excluding hydrogens is 233 g/mol. The quantitative estimate of drug-likeness (QED) is 0.842. The summed E-state index contributed by atoms with van der Waals surface area (Å²) in [6.07, 6.45) is 4.57. The van der Waals surface area contributed by atoms with Crippen molar-refractivity contribution in [2.75, 3.05) is 0 Å². The summed E-state index contributed by atoms with van der Waals surface area (Å²) in [7, 11) is 0. The van der Waals surface area contributed by atoms with Crippen molar-refractivity contribution in [2.24, 2.45) is 0 Å². The third kappa shape index (κ3) is 2.88. The molecule has 2 rings (SSSR count). The number of hydrogen-bond acceptors (Lipinski definition) is 3. The van der Waals surface area contributed by atoms with Crippen LogP contribution >= 0.6 is 0 Å². The minimum atomic E-state index is -0.605. The number of amides is 1. The normalized spacial score (nSPS) is 11.9. The second kappa shape index (κ2) is 5.35. The molecule has 0 radical (unpaired) electrons. The summed E-state index contributed by atoms with van der Waals surface area (Å²) in [4.78, 5) is 19.3. The number of rotatable bonds is 3. The lowest BCUT2D eigenvalue weighted by Gasteiger charge is -2.13. The molecule has 0 saturated heterocycles. The largest absolute Gasteiger partial charge is 0.345 e. The molecule has 0 saturated carbocycles. The Labute approximate surface area is 104 Å². The molecule has 0 aliphatic heterocycles. The molecule has 0 aliphatic rings. The summed E-state index contributed by atoms with van der Waals surface area (Å²) in [5.74, 6) is -0.897. The van der Waals surface area contributed by atoms with E-state index in [-0.39, 0.29) is 11.9 Å².